The summed E-state index contributed by atoms with van der Waals surface area (Å²) in [7, 11) is 0. The first-order valence-electron chi connectivity index (χ1n) is 6.89. The molecule has 0 amide bonds. The van der Waals surface area contributed by atoms with Crippen LogP contribution in [0, 0.1) is 0 Å². The molecule has 22 heavy (non-hydrogen) atoms. The molecule has 5 unspecified atom stereocenters. The summed E-state index contributed by atoms with van der Waals surface area (Å²) >= 11 is 0. The van der Waals surface area contributed by atoms with E-state index in [4.69, 9.17) is 5.11 Å². The molecule has 1 aromatic rings. The SMILES string of the molecule is CC(O)CC(=O)C(O)(c1ccccc1)C(O)C(O)C(O)CO. The number of hydrogen-bond donors (Lipinski definition) is 6. The first-order valence-corrected chi connectivity index (χ1v) is 6.89. The molecule has 0 heterocycles. The number of Topliss-reactive ketones (excluding diaryl/α,β-unsaturated/α-hetero) is 1. The standard InChI is InChI=1S/C15H22O7/c1-9(17)7-12(19)15(22,10-5-3-2-4-6-10)14(21)13(20)11(18)8-16/h2-6,9,11,13-14,16-18,20-22H,7-8H2,1H3. The van der Waals surface area contributed by atoms with Crippen LogP contribution in [0.5, 0.6) is 0 Å². The van der Waals surface area contributed by atoms with Crippen molar-refractivity contribution in [2.75, 3.05) is 6.61 Å². The highest BCUT2D eigenvalue weighted by Gasteiger charge is 2.49. The van der Waals surface area contributed by atoms with Crippen LogP contribution < -0.4 is 0 Å². The minimum absolute atomic E-state index is 0.0114. The second kappa shape index (κ2) is 7.77. The third-order valence-electron chi connectivity index (χ3n) is 3.45. The molecule has 0 aliphatic rings. The fraction of sp³-hybridized carbons (Fsp3) is 0.533. The molecular formula is C15H22O7. The predicted molar refractivity (Wildman–Crippen MR) is 76.7 cm³/mol. The molecule has 5 atom stereocenters. The molecule has 1 aromatic carbocycles. The van der Waals surface area contributed by atoms with Crippen molar-refractivity contribution in [2.45, 2.75) is 43.4 Å². The Hall–Kier alpha value is -1.35. The Balaban J connectivity index is 3.25. The van der Waals surface area contributed by atoms with Crippen LogP contribution in [0.2, 0.25) is 0 Å². The van der Waals surface area contributed by atoms with Crippen LogP contribution in [0.4, 0.5) is 0 Å². The Bertz CT molecular complexity index is 476. The van der Waals surface area contributed by atoms with E-state index in [9.17, 15) is 30.3 Å². The van der Waals surface area contributed by atoms with Crippen LogP contribution in [0.3, 0.4) is 0 Å². The number of carbonyl (C=O) groups excluding carboxylic acids is 1. The first-order chi connectivity index (χ1) is 10.2. The number of carbonyl (C=O) groups is 1. The lowest BCUT2D eigenvalue weighted by molar-refractivity contribution is -0.178. The zero-order valence-electron chi connectivity index (χ0n) is 12.2. The largest absolute Gasteiger partial charge is 0.394 e. The predicted octanol–water partition coefficient (Wildman–Crippen LogP) is -1.71. The van der Waals surface area contributed by atoms with Gasteiger partial charge in [0.15, 0.2) is 11.4 Å². The van der Waals surface area contributed by atoms with Gasteiger partial charge in [0.1, 0.15) is 18.3 Å². The van der Waals surface area contributed by atoms with E-state index >= 15 is 0 Å². The Morgan fingerprint density at radius 2 is 1.68 bits per heavy atom. The van der Waals surface area contributed by atoms with Crippen molar-refractivity contribution in [3.8, 4) is 0 Å². The second-order valence-electron chi connectivity index (χ2n) is 5.29. The maximum Gasteiger partial charge on any atom is 0.176 e. The maximum absolute atomic E-state index is 12.3. The molecule has 0 bridgehead atoms. The molecule has 6 N–H and O–H groups in total. The lowest BCUT2D eigenvalue weighted by Gasteiger charge is -2.36. The van der Waals surface area contributed by atoms with Crippen molar-refractivity contribution < 1.29 is 35.4 Å². The molecule has 1 rings (SSSR count). The summed E-state index contributed by atoms with van der Waals surface area (Å²) in [6, 6.07) is 7.44. The fourth-order valence-corrected chi connectivity index (χ4v) is 2.18. The molecular weight excluding hydrogens is 292 g/mol. The van der Waals surface area contributed by atoms with E-state index in [1.54, 1.807) is 6.07 Å². The molecule has 0 saturated heterocycles. The van der Waals surface area contributed by atoms with Crippen molar-refractivity contribution in [3.63, 3.8) is 0 Å². The van der Waals surface area contributed by atoms with E-state index in [1.807, 2.05) is 0 Å². The number of benzene rings is 1. The average molecular weight is 314 g/mol. The topological polar surface area (TPSA) is 138 Å². The minimum atomic E-state index is -2.52. The Morgan fingerprint density at radius 1 is 1.14 bits per heavy atom. The first kappa shape index (κ1) is 18.7. The van der Waals surface area contributed by atoms with Crippen molar-refractivity contribution in [1.82, 2.24) is 0 Å². The summed E-state index contributed by atoms with van der Waals surface area (Å²) in [4.78, 5) is 12.3. The molecule has 7 heteroatoms. The Kier molecular flexibility index (Phi) is 6.61. The normalized spacial score (nSPS) is 19.8. The molecule has 0 spiro atoms. The van der Waals surface area contributed by atoms with Crippen molar-refractivity contribution in [3.05, 3.63) is 35.9 Å². The highest BCUT2D eigenvalue weighted by molar-refractivity contribution is 5.89. The van der Waals surface area contributed by atoms with Gasteiger partial charge in [-0.2, -0.15) is 0 Å². The molecule has 0 radical (unpaired) electrons. The van der Waals surface area contributed by atoms with Gasteiger partial charge in [0.2, 0.25) is 0 Å². The van der Waals surface area contributed by atoms with Gasteiger partial charge in [-0.25, -0.2) is 0 Å². The fourth-order valence-electron chi connectivity index (χ4n) is 2.18. The summed E-state index contributed by atoms with van der Waals surface area (Å²) in [5.74, 6) is -0.912. The summed E-state index contributed by atoms with van der Waals surface area (Å²) in [5.41, 5.74) is -2.51. The van der Waals surface area contributed by atoms with E-state index in [-0.39, 0.29) is 5.56 Å². The number of aliphatic hydroxyl groups excluding tert-OH is 5. The van der Waals surface area contributed by atoms with E-state index in [0.29, 0.717) is 0 Å². The van der Waals surface area contributed by atoms with E-state index in [1.165, 1.54) is 31.2 Å². The monoisotopic (exact) mass is 314 g/mol. The van der Waals surface area contributed by atoms with Gasteiger partial charge in [-0.1, -0.05) is 30.3 Å². The van der Waals surface area contributed by atoms with Gasteiger partial charge >= 0.3 is 0 Å². The molecule has 0 fully saturated rings. The van der Waals surface area contributed by atoms with Crippen molar-refractivity contribution in [2.24, 2.45) is 0 Å². The van der Waals surface area contributed by atoms with Gasteiger partial charge in [0.25, 0.3) is 0 Å². The van der Waals surface area contributed by atoms with Crippen LogP contribution in [0.1, 0.15) is 18.9 Å². The van der Waals surface area contributed by atoms with Gasteiger partial charge < -0.3 is 30.6 Å². The van der Waals surface area contributed by atoms with Crippen LogP contribution in [-0.4, -0.2) is 67.4 Å². The molecule has 0 saturated carbocycles. The zero-order valence-corrected chi connectivity index (χ0v) is 12.2. The maximum atomic E-state index is 12.3. The smallest absolute Gasteiger partial charge is 0.176 e. The third-order valence-corrected chi connectivity index (χ3v) is 3.45. The Morgan fingerprint density at radius 3 is 2.14 bits per heavy atom. The van der Waals surface area contributed by atoms with Crippen LogP contribution in [0.15, 0.2) is 30.3 Å². The number of rotatable bonds is 8. The number of ketones is 1. The second-order valence-corrected chi connectivity index (χ2v) is 5.29. The highest BCUT2D eigenvalue weighted by Crippen LogP contribution is 2.30. The molecule has 124 valence electrons. The summed E-state index contributed by atoms with van der Waals surface area (Å²) < 4.78 is 0. The molecule has 7 nitrogen and oxygen atoms in total. The minimum Gasteiger partial charge on any atom is -0.394 e. The van der Waals surface area contributed by atoms with Crippen molar-refractivity contribution in [1.29, 1.82) is 0 Å². The van der Waals surface area contributed by atoms with Gasteiger partial charge in [-0.05, 0) is 12.5 Å². The highest BCUT2D eigenvalue weighted by atomic mass is 16.4. The molecule has 0 aliphatic heterocycles. The quantitative estimate of drug-likeness (QED) is 0.336. The summed E-state index contributed by atoms with van der Waals surface area (Å²) in [5, 5.41) is 58.4. The third kappa shape index (κ3) is 3.89. The van der Waals surface area contributed by atoms with E-state index in [0.717, 1.165) is 0 Å². The van der Waals surface area contributed by atoms with E-state index < -0.39 is 48.8 Å². The van der Waals surface area contributed by atoms with Gasteiger partial charge in [0, 0.05) is 6.42 Å². The summed E-state index contributed by atoms with van der Waals surface area (Å²) in [6.45, 7) is 0.488. The van der Waals surface area contributed by atoms with E-state index in [2.05, 4.69) is 0 Å². The van der Waals surface area contributed by atoms with Gasteiger partial charge in [-0.15, -0.1) is 0 Å². The lowest BCUT2D eigenvalue weighted by atomic mass is 9.79. The van der Waals surface area contributed by atoms with Crippen molar-refractivity contribution >= 4 is 5.78 Å². The van der Waals surface area contributed by atoms with Crippen LogP contribution in [0.25, 0.3) is 0 Å². The zero-order chi connectivity index (χ0) is 16.9. The number of hydrogen-bond acceptors (Lipinski definition) is 7. The van der Waals surface area contributed by atoms with Crippen LogP contribution >= 0.6 is 0 Å². The average Bonchev–Trinajstić information content (AvgIpc) is 2.51. The Labute approximate surface area is 128 Å². The summed E-state index contributed by atoms with van der Waals surface area (Å²) in [6.07, 6.45) is -7.28. The lowest BCUT2D eigenvalue weighted by Crippen LogP contribution is -2.56. The van der Waals surface area contributed by atoms with Gasteiger partial charge in [-0.3, -0.25) is 4.79 Å². The molecule has 0 aromatic heterocycles. The molecule has 0 aliphatic carbocycles. The van der Waals surface area contributed by atoms with Gasteiger partial charge in [0.05, 0.1) is 12.7 Å². The van der Waals surface area contributed by atoms with Crippen LogP contribution in [-0.2, 0) is 10.4 Å². The number of aliphatic hydroxyl groups is 6.